The van der Waals surface area contributed by atoms with Gasteiger partial charge in [0.1, 0.15) is 5.75 Å². The van der Waals surface area contributed by atoms with E-state index in [1.54, 1.807) is 12.4 Å². The lowest BCUT2D eigenvalue weighted by Gasteiger charge is -2.13. The van der Waals surface area contributed by atoms with Gasteiger partial charge < -0.3 is 10.1 Å². The van der Waals surface area contributed by atoms with Crippen LogP contribution in [-0.4, -0.2) is 17.1 Å². The van der Waals surface area contributed by atoms with E-state index in [-0.39, 0.29) is 6.54 Å². The second kappa shape index (κ2) is 7.25. The van der Waals surface area contributed by atoms with E-state index in [4.69, 9.17) is 10.6 Å². The summed E-state index contributed by atoms with van der Waals surface area (Å²) in [5, 5.41) is 2.86. The Bertz CT molecular complexity index is 646. The lowest BCUT2D eigenvalue weighted by molar-refractivity contribution is -0.137. The van der Waals surface area contributed by atoms with E-state index in [1.165, 1.54) is 13.2 Å². The number of hydrogen-bond donors (Lipinski definition) is 3. The quantitative estimate of drug-likeness (QED) is 0.556. The molecule has 1 aromatic heterocycles. The Hall–Kier alpha value is -2.39. The minimum atomic E-state index is -4.41. The van der Waals surface area contributed by atoms with Gasteiger partial charge in [-0.3, -0.25) is 11.3 Å². The van der Waals surface area contributed by atoms with Gasteiger partial charge in [-0.1, -0.05) is 0 Å². The van der Waals surface area contributed by atoms with Gasteiger partial charge in [0, 0.05) is 36.6 Å². The zero-order chi connectivity index (χ0) is 16.9. The molecule has 2 aromatic rings. The maximum absolute atomic E-state index is 12.8. The van der Waals surface area contributed by atoms with Gasteiger partial charge in [0.15, 0.2) is 0 Å². The number of nitrogens with zero attached hydrogens (tertiary/aromatic N) is 2. The minimum Gasteiger partial charge on any atom is -0.496 e. The summed E-state index contributed by atoms with van der Waals surface area (Å²) < 4.78 is 43.4. The van der Waals surface area contributed by atoms with Gasteiger partial charge in [-0.05, 0) is 18.2 Å². The van der Waals surface area contributed by atoms with Gasteiger partial charge in [-0.2, -0.15) is 13.2 Å². The molecule has 0 amide bonds. The van der Waals surface area contributed by atoms with Crippen LogP contribution < -0.4 is 21.3 Å². The maximum Gasteiger partial charge on any atom is 0.416 e. The summed E-state index contributed by atoms with van der Waals surface area (Å²) in [4.78, 5) is 8.12. The normalized spacial score (nSPS) is 11.3. The molecule has 9 heteroatoms. The first-order valence-electron chi connectivity index (χ1n) is 6.66. The highest BCUT2D eigenvalue weighted by Crippen LogP contribution is 2.32. The Morgan fingerprint density at radius 1 is 1.17 bits per heavy atom. The molecular formula is C14H16F3N5O. The molecular weight excluding hydrogens is 311 g/mol. The molecule has 4 N–H and O–H groups in total. The third-order valence-electron chi connectivity index (χ3n) is 3.06. The number of benzene rings is 1. The molecule has 1 heterocycles. The molecule has 0 saturated heterocycles. The first-order chi connectivity index (χ1) is 10.9. The third-order valence-corrected chi connectivity index (χ3v) is 3.06. The molecule has 1 aromatic carbocycles. The van der Waals surface area contributed by atoms with E-state index in [9.17, 15) is 13.2 Å². The Labute approximate surface area is 130 Å². The lowest BCUT2D eigenvalue weighted by Crippen LogP contribution is -2.21. The van der Waals surface area contributed by atoms with E-state index in [0.717, 1.165) is 17.7 Å². The summed E-state index contributed by atoms with van der Waals surface area (Å²) in [6.45, 7) is 0.517. The van der Waals surface area contributed by atoms with Crippen LogP contribution in [0.1, 0.15) is 16.7 Å². The summed E-state index contributed by atoms with van der Waals surface area (Å²) in [5.41, 5.74) is 2.88. The van der Waals surface area contributed by atoms with Crippen LogP contribution in [0, 0.1) is 0 Å². The molecule has 0 bridgehead atoms. The van der Waals surface area contributed by atoms with E-state index < -0.39 is 11.7 Å². The number of alkyl halides is 3. The van der Waals surface area contributed by atoms with Gasteiger partial charge in [0.25, 0.3) is 0 Å². The summed E-state index contributed by atoms with van der Waals surface area (Å²) in [7, 11) is 1.40. The van der Waals surface area contributed by atoms with Crippen LogP contribution in [0.15, 0.2) is 30.6 Å². The number of aromatic nitrogens is 2. The van der Waals surface area contributed by atoms with Crippen molar-refractivity contribution in [2.24, 2.45) is 5.84 Å². The number of methoxy groups -OCH3 is 1. The van der Waals surface area contributed by atoms with Crippen LogP contribution >= 0.6 is 0 Å². The molecule has 0 radical (unpaired) electrons. The molecule has 0 aliphatic rings. The predicted octanol–water partition coefficient (Wildman–Crippen LogP) is 2.08. The van der Waals surface area contributed by atoms with Crippen LogP contribution in [0.5, 0.6) is 5.75 Å². The first-order valence-corrected chi connectivity index (χ1v) is 6.66. The number of ether oxygens (including phenoxy) is 1. The number of halogens is 3. The second-order valence-corrected chi connectivity index (χ2v) is 4.67. The monoisotopic (exact) mass is 327 g/mol. The molecule has 0 spiro atoms. The summed E-state index contributed by atoms with van der Waals surface area (Å²) >= 11 is 0. The number of anilines is 1. The van der Waals surface area contributed by atoms with Crippen LogP contribution in [0.4, 0.5) is 19.1 Å². The molecule has 0 atom stereocenters. The number of nitrogens with two attached hydrogens (primary N) is 1. The van der Waals surface area contributed by atoms with E-state index >= 15 is 0 Å². The Kier molecular flexibility index (Phi) is 5.35. The van der Waals surface area contributed by atoms with Crippen LogP contribution in [0.2, 0.25) is 0 Å². The van der Waals surface area contributed by atoms with Crippen molar-refractivity contribution < 1.29 is 17.9 Å². The van der Waals surface area contributed by atoms with Crippen molar-refractivity contribution in [3.63, 3.8) is 0 Å². The predicted molar refractivity (Wildman–Crippen MR) is 78.4 cm³/mol. The molecule has 2 rings (SSSR count). The average Bonchev–Trinajstić information content (AvgIpc) is 2.53. The van der Waals surface area contributed by atoms with Crippen LogP contribution in [-0.2, 0) is 19.3 Å². The summed E-state index contributed by atoms with van der Waals surface area (Å²) in [6.07, 6.45) is -1.27. The third kappa shape index (κ3) is 4.54. The molecule has 6 nitrogen and oxygen atoms in total. The molecule has 0 saturated carbocycles. The largest absolute Gasteiger partial charge is 0.496 e. The van der Waals surface area contributed by atoms with Crippen molar-refractivity contribution in [1.29, 1.82) is 0 Å². The fourth-order valence-electron chi connectivity index (χ4n) is 1.92. The lowest BCUT2D eigenvalue weighted by atomic mass is 10.1. The number of hydrogen-bond acceptors (Lipinski definition) is 6. The maximum atomic E-state index is 12.8. The number of nitrogens with one attached hydrogen (secondary N) is 2. The minimum absolute atomic E-state index is 0.0988. The topological polar surface area (TPSA) is 85.1 Å². The summed E-state index contributed by atoms with van der Waals surface area (Å²) in [6, 6.07) is 3.31. The SMILES string of the molecule is COc1ccc(C(F)(F)F)cc1CNc1ncc(CNN)cn1. The molecule has 124 valence electrons. The highest BCUT2D eigenvalue weighted by atomic mass is 19.4. The van der Waals surface area contributed by atoms with Crippen molar-refractivity contribution in [2.75, 3.05) is 12.4 Å². The van der Waals surface area contributed by atoms with Gasteiger partial charge in [0.05, 0.1) is 12.7 Å². The molecule has 0 aliphatic carbocycles. The van der Waals surface area contributed by atoms with E-state index in [1.807, 2.05) is 0 Å². The van der Waals surface area contributed by atoms with E-state index in [0.29, 0.717) is 23.8 Å². The van der Waals surface area contributed by atoms with Gasteiger partial charge >= 0.3 is 6.18 Å². The first kappa shape index (κ1) is 17.0. The molecule has 0 fully saturated rings. The van der Waals surface area contributed by atoms with Crippen molar-refractivity contribution >= 4 is 5.95 Å². The van der Waals surface area contributed by atoms with Crippen molar-refractivity contribution in [3.8, 4) is 5.75 Å². The fourth-order valence-corrected chi connectivity index (χ4v) is 1.92. The summed E-state index contributed by atoms with van der Waals surface area (Å²) in [5.74, 6) is 5.84. The van der Waals surface area contributed by atoms with Crippen molar-refractivity contribution in [3.05, 3.63) is 47.3 Å². The van der Waals surface area contributed by atoms with Gasteiger partial charge in [-0.25, -0.2) is 9.97 Å². The Balaban J connectivity index is 2.12. The fraction of sp³-hybridized carbons (Fsp3) is 0.286. The van der Waals surface area contributed by atoms with Crippen LogP contribution in [0.3, 0.4) is 0 Å². The smallest absolute Gasteiger partial charge is 0.416 e. The van der Waals surface area contributed by atoms with Crippen LogP contribution in [0.25, 0.3) is 0 Å². The van der Waals surface area contributed by atoms with Crippen molar-refractivity contribution in [2.45, 2.75) is 19.3 Å². The molecule has 23 heavy (non-hydrogen) atoms. The van der Waals surface area contributed by atoms with Crippen molar-refractivity contribution in [1.82, 2.24) is 15.4 Å². The van der Waals surface area contributed by atoms with Gasteiger partial charge in [0.2, 0.25) is 5.95 Å². The highest BCUT2D eigenvalue weighted by Gasteiger charge is 2.31. The standard InChI is InChI=1S/C14H16F3N5O/c1-23-12-3-2-11(14(15,16)17)4-10(12)8-21-13-19-5-9(6-20-13)7-22-18/h2-6,22H,7-8,18H2,1H3,(H,19,20,21). The average molecular weight is 327 g/mol. The highest BCUT2D eigenvalue weighted by molar-refractivity contribution is 5.40. The molecule has 0 aliphatic heterocycles. The number of rotatable bonds is 6. The second-order valence-electron chi connectivity index (χ2n) is 4.67. The van der Waals surface area contributed by atoms with Gasteiger partial charge in [-0.15, -0.1) is 0 Å². The number of hydrazine groups is 1. The zero-order valence-corrected chi connectivity index (χ0v) is 12.3. The van der Waals surface area contributed by atoms with E-state index in [2.05, 4.69) is 20.7 Å². The Morgan fingerprint density at radius 2 is 1.87 bits per heavy atom. The Morgan fingerprint density at radius 3 is 2.43 bits per heavy atom. The zero-order valence-electron chi connectivity index (χ0n) is 12.3. The molecule has 0 unspecified atom stereocenters.